The molecule has 1 saturated heterocycles. The Balaban J connectivity index is 1.52. The average molecular weight is 460 g/mol. The number of aryl methyl sites for hydroxylation is 1. The number of carbonyl (C=O) groups is 2. The van der Waals surface area contributed by atoms with E-state index in [2.05, 4.69) is 10.3 Å². The van der Waals surface area contributed by atoms with Crippen LogP contribution in [0.1, 0.15) is 18.4 Å². The molecule has 10 heteroatoms. The zero-order valence-electron chi connectivity index (χ0n) is 17.0. The van der Waals surface area contributed by atoms with Gasteiger partial charge in [-0.25, -0.2) is 13.4 Å². The number of anilines is 2. The standard InChI is InChI=1S/C21H21N3O5S2/c1-3-31(28,29)15-5-6-18(25)16(10-15)23-21(27)13-8-20(26)24(11-13)14-4-7-19-17(9-14)22-12(2)30-19/h4-7,9-10,13,25H,3,8,11H2,1-2H3,(H,23,27). The Bertz CT molecular complexity index is 1300. The summed E-state index contributed by atoms with van der Waals surface area (Å²) in [7, 11) is -3.49. The van der Waals surface area contributed by atoms with Crippen LogP contribution in [-0.4, -0.2) is 42.6 Å². The number of rotatable bonds is 5. The normalized spacial score (nSPS) is 16.8. The number of aromatic nitrogens is 1. The lowest BCUT2D eigenvalue weighted by Crippen LogP contribution is -2.28. The lowest BCUT2D eigenvalue weighted by Gasteiger charge is -2.17. The molecule has 0 radical (unpaired) electrons. The molecule has 31 heavy (non-hydrogen) atoms. The number of sulfone groups is 1. The minimum absolute atomic E-state index is 0.00444. The van der Waals surface area contributed by atoms with Crippen molar-refractivity contribution in [2.24, 2.45) is 5.92 Å². The van der Waals surface area contributed by atoms with E-state index in [1.54, 1.807) is 16.2 Å². The van der Waals surface area contributed by atoms with Gasteiger partial charge in [-0.2, -0.15) is 0 Å². The second kappa shape index (κ2) is 7.93. The summed E-state index contributed by atoms with van der Waals surface area (Å²) in [6.45, 7) is 3.62. The summed E-state index contributed by atoms with van der Waals surface area (Å²) >= 11 is 1.57. The molecule has 0 aliphatic carbocycles. The Kier molecular flexibility index (Phi) is 5.44. The van der Waals surface area contributed by atoms with Crippen LogP contribution in [0.4, 0.5) is 11.4 Å². The summed E-state index contributed by atoms with van der Waals surface area (Å²) in [6, 6.07) is 9.34. The van der Waals surface area contributed by atoms with Crippen LogP contribution >= 0.6 is 11.3 Å². The third-order valence-corrected chi connectivity index (χ3v) is 7.93. The molecule has 0 bridgehead atoms. The number of carbonyl (C=O) groups excluding carboxylic acids is 2. The molecule has 2 amide bonds. The molecule has 1 aliphatic rings. The van der Waals surface area contributed by atoms with Crippen LogP contribution in [0, 0.1) is 12.8 Å². The van der Waals surface area contributed by atoms with Crippen molar-refractivity contribution in [2.45, 2.75) is 25.2 Å². The van der Waals surface area contributed by atoms with Gasteiger partial charge in [0.15, 0.2) is 9.84 Å². The van der Waals surface area contributed by atoms with E-state index in [9.17, 15) is 23.1 Å². The highest BCUT2D eigenvalue weighted by Crippen LogP contribution is 2.32. The molecule has 0 spiro atoms. The number of nitrogens with one attached hydrogen (secondary N) is 1. The highest BCUT2D eigenvalue weighted by molar-refractivity contribution is 7.91. The summed E-state index contributed by atoms with van der Waals surface area (Å²) in [5.74, 6) is -1.61. The molecule has 4 rings (SSSR count). The van der Waals surface area contributed by atoms with Crippen molar-refractivity contribution in [2.75, 3.05) is 22.5 Å². The smallest absolute Gasteiger partial charge is 0.229 e. The average Bonchev–Trinajstić information content (AvgIpc) is 3.30. The first-order valence-corrected chi connectivity index (χ1v) is 12.2. The molecule has 2 aromatic carbocycles. The number of fused-ring (bicyclic) bond motifs is 1. The van der Waals surface area contributed by atoms with Gasteiger partial charge in [0.2, 0.25) is 11.8 Å². The molecule has 8 nitrogen and oxygen atoms in total. The van der Waals surface area contributed by atoms with Crippen LogP contribution in [0.2, 0.25) is 0 Å². The van der Waals surface area contributed by atoms with E-state index in [4.69, 9.17) is 0 Å². The zero-order valence-corrected chi connectivity index (χ0v) is 18.6. The molecule has 1 fully saturated rings. The zero-order chi connectivity index (χ0) is 22.3. The van der Waals surface area contributed by atoms with Gasteiger partial charge in [-0.3, -0.25) is 9.59 Å². The van der Waals surface area contributed by atoms with E-state index in [1.807, 2.05) is 25.1 Å². The molecular weight excluding hydrogens is 438 g/mol. The number of amides is 2. The van der Waals surface area contributed by atoms with Gasteiger partial charge < -0.3 is 15.3 Å². The fourth-order valence-electron chi connectivity index (χ4n) is 3.54. The third kappa shape index (κ3) is 4.13. The van der Waals surface area contributed by atoms with Crippen LogP contribution in [-0.2, 0) is 19.4 Å². The van der Waals surface area contributed by atoms with Crippen molar-refractivity contribution < 1.29 is 23.1 Å². The molecule has 0 saturated carbocycles. The molecule has 1 aliphatic heterocycles. The van der Waals surface area contributed by atoms with Gasteiger partial charge in [-0.05, 0) is 43.3 Å². The fraction of sp³-hybridized carbons (Fsp3) is 0.286. The van der Waals surface area contributed by atoms with Crippen LogP contribution < -0.4 is 10.2 Å². The van der Waals surface area contributed by atoms with E-state index >= 15 is 0 Å². The van der Waals surface area contributed by atoms with Gasteiger partial charge in [0.1, 0.15) is 5.75 Å². The molecule has 162 valence electrons. The van der Waals surface area contributed by atoms with E-state index in [1.165, 1.54) is 25.1 Å². The van der Waals surface area contributed by atoms with Crippen LogP contribution in [0.15, 0.2) is 41.3 Å². The summed E-state index contributed by atoms with van der Waals surface area (Å²) in [4.78, 5) is 31.4. The lowest BCUT2D eigenvalue weighted by molar-refractivity contribution is -0.122. The van der Waals surface area contributed by atoms with Crippen molar-refractivity contribution >= 4 is 54.6 Å². The van der Waals surface area contributed by atoms with Crippen LogP contribution in [0.5, 0.6) is 5.75 Å². The summed E-state index contributed by atoms with van der Waals surface area (Å²) < 4.78 is 25.2. The van der Waals surface area contributed by atoms with Gasteiger partial charge in [-0.1, -0.05) is 6.92 Å². The number of aromatic hydroxyl groups is 1. The van der Waals surface area contributed by atoms with E-state index in [0.29, 0.717) is 5.69 Å². The molecule has 1 aromatic heterocycles. The van der Waals surface area contributed by atoms with Gasteiger partial charge in [-0.15, -0.1) is 11.3 Å². The summed E-state index contributed by atoms with van der Waals surface area (Å²) in [5.41, 5.74) is 1.49. The number of hydrogen-bond acceptors (Lipinski definition) is 7. The van der Waals surface area contributed by atoms with Crippen molar-refractivity contribution in [1.29, 1.82) is 0 Å². The minimum atomic E-state index is -3.49. The number of nitrogens with zero attached hydrogens (tertiary/aromatic N) is 2. The second-order valence-electron chi connectivity index (χ2n) is 7.36. The minimum Gasteiger partial charge on any atom is -0.506 e. The first-order chi connectivity index (χ1) is 14.7. The Morgan fingerprint density at radius 3 is 2.81 bits per heavy atom. The Morgan fingerprint density at radius 2 is 2.06 bits per heavy atom. The van der Waals surface area contributed by atoms with Gasteiger partial charge in [0.05, 0.1) is 37.5 Å². The first-order valence-electron chi connectivity index (χ1n) is 9.72. The Morgan fingerprint density at radius 1 is 1.29 bits per heavy atom. The Hall–Kier alpha value is -2.98. The van der Waals surface area contributed by atoms with Crippen molar-refractivity contribution in [3.63, 3.8) is 0 Å². The van der Waals surface area contributed by atoms with Crippen LogP contribution in [0.3, 0.4) is 0 Å². The molecule has 2 heterocycles. The number of hydrogen-bond donors (Lipinski definition) is 2. The van der Waals surface area contributed by atoms with Crippen molar-refractivity contribution in [1.82, 2.24) is 4.98 Å². The molecule has 1 atom stereocenters. The van der Waals surface area contributed by atoms with E-state index in [0.717, 1.165) is 15.2 Å². The topological polar surface area (TPSA) is 117 Å². The van der Waals surface area contributed by atoms with Crippen LogP contribution in [0.25, 0.3) is 10.2 Å². The monoisotopic (exact) mass is 459 g/mol. The van der Waals surface area contributed by atoms with Gasteiger partial charge in [0.25, 0.3) is 0 Å². The second-order valence-corrected chi connectivity index (χ2v) is 10.9. The predicted molar refractivity (Wildman–Crippen MR) is 119 cm³/mol. The maximum atomic E-state index is 12.8. The third-order valence-electron chi connectivity index (χ3n) is 5.25. The highest BCUT2D eigenvalue weighted by Gasteiger charge is 2.35. The molecular formula is C21H21N3O5S2. The van der Waals surface area contributed by atoms with Gasteiger partial charge in [0, 0.05) is 18.7 Å². The number of phenolic OH excluding ortho intramolecular Hbond substituents is 1. The fourth-order valence-corrected chi connectivity index (χ4v) is 5.26. The largest absolute Gasteiger partial charge is 0.506 e. The maximum absolute atomic E-state index is 12.8. The summed E-state index contributed by atoms with van der Waals surface area (Å²) in [5, 5.41) is 13.6. The number of benzene rings is 2. The van der Waals surface area contributed by atoms with Crippen molar-refractivity contribution in [3.05, 3.63) is 41.4 Å². The number of phenols is 1. The van der Waals surface area contributed by atoms with E-state index in [-0.39, 0.29) is 41.0 Å². The molecule has 1 unspecified atom stereocenters. The molecule has 2 N–H and O–H groups in total. The number of thiazole rings is 1. The van der Waals surface area contributed by atoms with E-state index < -0.39 is 21.7 Å². The first kappa shape index (κ1) is 21.3. The SMILES string of the molecule is CCS(=O)(=O)c1ccc(O)c(NC(=O)C2CC(=O)N(c3ccc4sc(C)nc4c3)C2)c1. The molecule has 3 aromatic rings. The van der Waals surface area contributed by atoms with Crippen molar-refractivity contribution in [3.8, 4) is 5.75 Å². The summed E-state index contributed by atoms with van der Waals surface area (Å²) in [6.07, 6.45) is 0.0215. The quantitative estimate of drug-likeness (QED) is 0.567. The highest BCUT2D eigenvalue weighted by atomic mass is 32.2. The lowest BCUT2D eigenvalue weighted by atomic mass is 10.1. The maximum Gasteiger partial charge on any atom is 0.229 e. The van der Waals surface area contributed by atoms with Gasteiger partial charge >= 0.3 is 0 Å². The Labute approximate surface area is 183 Å². The predicted octanol–water partition coefficient (Wildman–Crippen LogP) is 3.10.